The average molecular weight is 194 g/mol. The lowest BCUT2D eigenvalue weighted by atomic mass is 10.1. The molecule has 1 atom stereocenters. The number of rotatable bonds is 2. The summed E-state index contributed by atoms with van der Waals surface area (Å²) in [4.78, 5) is 12.1. The molecule has 0 aliphatic heterocycles. The molecule has 1 heterocycles. The summed E-state index contributed by atoms with van der Waals surface area (Å²) in [5.74, 6) is 0.0842. The van der Waals surface area contributed by atoms with Crippen LogP contribution in [0.3, 0.4) is 0 Å². The molecule has 68 valence electrons. The van der Waals surface area contributed by atoms with Gasteiger partial charge in [0.25, 0.3) is 0 Å². The highest BCUT2D eigenvalue weighted by Crippen LogP contribution is 2.30. The molecule has 2 rings (SSSR count). The highest BCUT2D eigenvalue weighted by molar-refractivity contribution is 7.10. The summed E-state index contributed by atoms with van der Waals surface area (Å²) in [5, 5.41) is 11.7. The van der Waals surface area contributed by atoms with Gasteiger partial charge >= 0.3 is 0 Å². The maximum absolute atomic E-state index is 11.3. The van der Waals surface area contributed by atoms with E-state index in [1.165, 1.54) is 11.3 Å². The minimum Gasteiger partial charge on any atom is -0.383 e. The van der Waals surface area contributed by atoms with Crippen LogP contribution in [0.2, 0.25) is 0 Å². The summed E-state index contributed by atoms with van der Waals surface area (Å²) in [6, 6.07) is 3.73. The Morgan fingerprint density at radius 3 is 2.92 bits per heavy atom. The second-order valence-electron chi connectivity index (χ2n) is 3.04. The van der Waals surface area contributed by atoms with Crippen LogP contribution >= 0.6 is 11.3 Å². The molecule has 0 saturated heterocycles. The third kappa shape index (κ3) is 1.57. The molecule has 1 aromatic rings. The van der Waals surface area contributed by atoms with Gasteiger partial charge in [-0.2, -0.15) is 0 Å². The predicted molar refractivity (Wildman–Crippen MR) is 51.6 cm³/mol. The molecule has 0 saturated carbocycles. The van der Waals surface area contributed by atoms with E-state index in [1.807, 2.05) is 23.6 Å². The molecule has 13 heavy (non-hydrogen) atoms. The van der Waals surface area contributed by atoms with Crippen LogP contribution in [-0.4, -0.2) is 10.9 Å². The topological polar surface area (TPSA) is 37.3 Å². The summed E-state index contributed by atoms with van der Waals surface area (Å²) in [7, 11) is 0. The van der Waals surface area contributed by atoms with Gasteiger partial charge < -0.3 is 5.11 Å². The molecule has 1 N–H and O–H groups in total. The second-order valence-corrected chi connectivity index (χ2v) is 4.02. The van der Waals surface area contributed by atoms with E-state index in [0.29, 0.717) is 12.0 Å². The van der Waals surface area contributed by atoms with Gasteiger partial charge in [0.2, 0.25) is 0 Å². The minimum atomic E-state index is -0.699. The monoisotopic (exact) mass is 194 g/mol. The quantitative estimate of drug-likeness (QED) is 0.782. The summed E-state index contributed by atoms with van der Waals surface area (Å²) in [5.41, 5.74) is 0.572. The molecule has 0 aromatic carbocycles. The van der Waals surface area contributed by atoms with Crippen molar-refractivity contribution in [2.24, 2.45) is 0 Å². The fraction of sp³-hybridized carbons (Fsp3) is 0.300. The number of allylic oxidation sites excluding steroid dienone is 1. The third-order valence-electron chi connectivity index (χ3n) is 2.16. The smallest absolute Gasteiger partial charge is 0.161 e. The first-order valence-corrected chi connectivity index (χ1v) is 5.11. The maximum atomic E-state index is 11.3. The van der Waals surface area contributed by atoms with Crippen molar-refractivity contribution in [1.82, 2.24) is 0 Å². The molecular formula is C10H10O2S. The van der Waals surface area contributed by atoms with Gasteiger partial charge in [0, 0.05) is 16.9 Å². The van der Waals surface area contributed by atoms with Crippen LogP contribution < -0.4 is 0 Å². The fourth-order valence-corrected chi connectivity index (χ4v) is 2.21. The van der Waals surface area contributed by atoms with Gasteiger partial charge in [0.05, 0.1) is 0 Å². The van der Waals surface area contributed by atoms with Crippen molar-refractivity contribution in [2.75, 3.05) is 0 Å². The summed E-state index contributed by atoms with van der Waals surface area (Å²) < 4.78 is 0. The number of thiophene rings is 1. The standard InChI is InChI=1S/C10H10O2S/c11-8-4-1-3-7(8)10(12)9-5-2-6-13-9/h2-3,5-6,10,12H,1,4H2. The summed E-state index contributed by atoms with van der Waals surface area (Å²) in [6.07, 6.45) is 2.47. The SMILES string of the molecule is O=C1CCC=C1C(O)c1cccs1. The Bertz CT molecular complexity index is 338. The van der Waals surface area contributed by atoms with Crippen LogP contribution in [0.5, 0.6) is 0 Å². The zero-order valence-corrected chi connectivity index (χ0v) is 7.88. The Labute approximate surface area is 80.5 Å². The van der Waals surface area contributed by atoms with Crippen molar-refractivity contribution >= 4 is 17.1 Å². The molecule has 0 radical (unpaired) electrons. The van der Waals surface area contributed by atoms with E-state index in [2.05, 4.69) is 0 Å². The third-order valence-corrected chi connectivity index (χ3v) is 3.09. The van der Waals surface area contributed by atoms with E-state index in [0.717, 1.165) is 11.3 Å². The van der Waals surface area contributed by atoms with Crippen molar-refractivity contribution in [3.63, 3.8) is 0 Å². The van der Waals surface area contributed by atoms with Crippen LogP contribution in [0.1, 0.15) is 23.8 Å². The minimum absolute atomic E-state index is 0.0842. The maximum Gasteiger partial charge on any atom is 0.161 e. The Hall–Kier alpha value is -0.930. The van der Waals surface area contributed by atoms with E-state index in [-0.39, 0.29) is 5.78 Å². The van der Waals surface area contributed by atoms with Crippen LogP contribution in [0.15, 0.2) is 29.2 Å². The summed E-state index contributed by atoms with van der Waals surface area (Å²) >= 11 is 1.48. The Balaban J connectivity index is 2.22. The molecule has 0 fully saturated rings. The van der Waals surface area contributed by atoms with Crippen molar-refractivity contribution in [1.29, 1.82) is 0 Å². The van der Waals surface area contributed by atoms with Crippen LogP contribution in [0.25, 0.3) is 0 Å². The van der Waals surface area contributed by atoms with Crippen LogP contribution in [0.4, 0.5) is 0 Å². The lowest BCUT2D eigenvalue weighted by Gasteiger charge is -2.07. The van der Waals surface area contributed by atoms with Gasteiger partial charge in [-0.05, 0) is 17.9 Å². The van der Waals surface area contributed by atoms with E-state index in [4.69, 9.17) is 0 Å². The number of hydrogen-bond donors (Lipinski definition) is 1. The highest BCUT2D eigenvalue weighted by atomic mass is 32.1. The first kappa shape index (κ1) is 8.66. The Kier molecular flexibility index (Phi) is 2.29. The van der Waals surface area contributed by atoms with Crippen molar-refractivity contribution in [3.8, 4) is 0 Å². The van der Waals surface area contributed by atoms with Crippen molar-refractivity contribution < 1.29 is 9.90 Å². The van der Waals surface area contributed by atoms with Crippen LogP contribution in [0, 0.1) is 0 Å². The van der Waals surface area contributed by atoms with Gasteiger partial charge in [-0.3, -0.25) is 4.79 Å². The molecule has 1 unspecified atom stereocenters. The van der Waals surface area contributed by atoms with Crippen LogP contribution in [-0.2, 0) is 4.79 Å². The number of aliphatic hydroxyl groups is 1. The highest BCUT2D eigenvalue weighted by Gasteiger charge is 2.23. The zero-order valence-electron chi connectivity index (χ0n) is 7.06. The molecule has 3 heteroatoms. The lowest BCUT2D eigenvalue weighted by Crippen LogP contribution is -2.05. The molecule has 0 spiro atoms. The number of hydrogen-bond acceptors (Lipinski definition) is 3. The lowest BCUT2D eigenvalue weighted by molar-refractivity contribution is -0.115. The van der Waals surface area contributed by atoms with Gasteiger partial charge in [0.1, 0.15) is 6.10 Å². The molecule has 1 aromatic heterocycles. The molecule has 1 aliphatic rings. The summed E-state index contributed by atoms with van der Waals surface area (Å²) in [6.45, 7) is 0. The molecule has 0 amide bonds. The van der Waals surface area contributed by atoms with Crippen molar-refractivity contribution in [3.05, 3.63) is 34.0 Å². The molecule has 2 nitrogen and oxygen atoms in total. The van der Waals surface area contributed by atoms with Crippen molar-refractivity contribution in [2.45, 2.75) is 18.9 Å². The van der Waals surface area contributed by atoms with E-state index >= 15 is 0 Å². The molecule has 0 bridgehead atoms. The van der Waals surface area contributed by atoms with Gasteiger partial charge in [-0.15, -0.1) is 11.3 Å². The van der Waals surface area contributed by atoms with E-state index < -0.39 is 6.10 Å². The normalized spacial score (nSPS) is 18.8. The first-order chi connectivity index (χ1) is 6.29. The predicted octanol–water partition coefficient (Wildman–Crippen LogP) is 2.07. The number of Topliss-reactive ketones (excluding diaryl/α,β-unsaturated/α-hetero) is 1. The number of ketones is 1. The van der Waals surface area contributed by atoms with Gasteiger partial charge in [0.15, 0.2) is 5.78 Å². The van der Waals surface area contributed by atoms with Gasteiger partial charge in [-0.25, -0.2) is 0 Å². The number of carbonyl (C=O) groups is 1. The molecular weight excluding hydrogens is 184 g/mol. The number of aliphatic hydroxyl groups excluding tert-OH is 1. The van der Waals surface area contributed by atoms with E-state index in [1.54, 1.807) is 0 Å². The van der Waals surface area contributed by atoms with E-state index in [9.17, 15) is 9.90 Å². The first-order valence-electron chi connectivity index (χ1n) is 4.24. The number of carbonyl (C=O) groups excluding carboxylic acids is 1. The van der Waals surface area contributed by atoms with Gasteiger partial charge in [-0.1, -0.05) is 12.1 Å². The zero-order chi connectivity index (χ0) is 9.26. The fourth-order valence-electron chi connectivity index (χ4n) is 1.48. The molecule has 1 aliphatic carbocycles. The average Bonchev–Trinajstić information content (AvgIpc) is 2.72. The largest absolute Gasteiger partial charge is 0.383 e. The Morgan fingerprint density at radius 2 is 2.38 bits per heavy atom. The Morgan fingerprint density at radius 1 is 1.54 bits per heavy atom. The second kappa shape index (κ2) is 3.44.